The van der Waals surface area contributed by atoms with E-state index in [4.69, 9.17) is 5.26 Å². The highest BCUT2D eigenvalue weighted by Crippen LogP contribution is 2.45. The molecule has 0 aromatic carbocycles. The van der Waals surface area contributed by atoms with Crippen LogP contribution in [0.4, 0.5) is 5.69 Å². The van der Waals surface area contributed by atoms with Gasteiger partial charge in [0.25, 0.3) is 0 Å². The molecule has 0 saturated heterocycles. The number of nitriles is 1. The summed E-state index contributed by atoms with van der Waals surface area (Å²) in [6.45, 7) is 1.88. The van der Waals surface area contributed by atoms with Gasteiger partial charge in [0.1, 0.15) is 5.41 Å². The van der Waals surface area contributed by atoms with Crippen molar-refractivity contribution in [1.29, 1.82) is 5.26 Å². The fourth-order valence-electron chi connectivity index (χ4n) is 1.31. The van der Waals surface area contributed by atoms with Crippen LogP contribution in [0.2, 0.25) is 0 Å². The minimum absolute atomic E-state index is 0.212. The fraction of sp³-hybridized carbons (Fsp3) is 0.364. The Morgan fingerprint density at radius 3 is 2.80 bits per heavy atom. The quantitative estimate of drug-likeness (QED) is 0.790. The molecule has 0 spiro atoms. The molecule has 1 aromatic rings. The summed E-state index contributed by atoms with van der Waals surface area (Å²) in [6.07, 6.45) is 2.92. The van der Waals surface area contributed by atoms with Crippen molar-refractivity contribution >= 4 is 11.6 Å². The van der Waals surface area contributed by atoms with Gasteiger partial charge in [-0.25, -0.2) is 0 Å². The van der Waals surface area contributed by atoms with Crippen molar-refractivity contribution in [1.82, 2.24) is 4.98 Å². The number of amides is 1. The Balaban J connectivity index is 2.07. The summed E-state index contributed by atoms with van der Waals surface area (Å²) in [6, 6.07) is 5.66. The van der Waals surface area contributed by atoms with Crippen LogP contribution in [-0.4, -0.2) is 10.9 Å². The highest BCUT2D eigenvalue weighted by atomic mass is 16.2. The van der Waals surface area contributed by atoms with E-state index in [0.29, 0.717) is 18.5 Å². The molecule has 0 radical (unpaired) electrons. The molecule has 1 saturated carbocycles. The normalized spacial score (nSPS) is 16.5. The number of hydrogen-bond donors (Lipinski definition) is 1. The molecule has 15 heavy (non-hydrogen) atoms. The fourth-order valence-corrected chi connectivity index (χ4v) is 1.31. The van der Waals surface area contributed by atoms with Crippen molar-refractivity contribution in [3.8, 4) is 6.07 Å². The van der Waals surface area contributed by atoms with Crippen molar-refractivity contribution in [3.05, 3.63) is 24.0 Å². The lowest BCUT2D eigenvalue weighted by Crippen LogP contribution is -2.22. The second-order valence-electron chi connectivity index (χ2n) is 3.84. The molecule has 4 nitrogen and oxygen atoms in total. The van der Waals surface area contributed by atoms with Gasteiger partial charge >= 0.3 is 0 Å². The van der Waals surface area contributed by atoms with Gasteiger partial charge in [-0.1, -0.05) is 0 Å². The molecule has 1 heterocycles. The van der Waals surface area contributed by atoms with Crippen LogP contribution in [0.1, 0.15) is 18.5 Å². The topological polar surface area (TPSA) is 65.8 Å². The minimum atomic E-state index is -0.773. The highest BCUT2D eigenvalue weighted by molar-refractivity contribution is 5.99. The van der Waals surface area contributed by atoms with Crippen LogP contribution in [0.25, 0.3) is 0 Å². The van der Waals surface area contributed by atoms with Crippen LogP contribution in [0.3, 0.4) is 0 Å². The summed E-state index contributed by atoms with van der Waals surface area (Å²) in [4.78, 5) is 15.7. The number of aromatic nitrogens is 1. The summed E-state index contributed by atoms with van der Waals surface area (Å²) in [5, 5.41) is 11.5. The number of aryl methyl sites for hydroxylation is 1. The number of nitrogens with one attached hydrogen (secondary N) is 1. The van der Waals surface area contributed by atoms with Gasteiger partial charge in [-0.3, -0.25) is 9.78 Å². The monoisotopic (exact) mass is 201 g/mol. The summed E-state index contributed by atoms with van der Waals surface area (Å²) in [5.74, 6) is -0.212. The Kier molecular flexibility index (Phi) is 2.16. The van der Waals surface area contributed by atoms with Crippen molar-refractivity contribution in [2.75, 3.05) is 5.32 Å². The van der Waals surface area contributed by atoms with E-state index in [1.54, 1.807) is 12.3 Å². The first-order valence-corrected chi connectivity index (χ1v) is 4.82. The molecule has 0 atom stereocenters. The first-order chi connectivity index (χ1) is 7.16. The third-order valence-electron chi connectivity index (χ3n) is 2.57. The molecule has 1 fully saturated rings. The summed E-state index contributed by atoms with van der Waals surface area (Å²) in [7, 11) is 0. The van der Waals surface area contributed by atoms with Gasteiger partial charge in [0, 0.05) is 5.69 Å². The van der Waals surface area contributed by atoms with Gasteiger partial charge in [-0.2, -0.15) is 5.26 Å². The molecular formula is C11H11N3O. The van der Waals surface area contributed by atoms with Crippen molar-refractivity contribution in [2.45, 2.75) is 19.8 Å². The van der Waals surface area contributed by atoms with E-state index >= 15 is 0 Å². The van der Waals surface area contributed by atoms with Crippen LogP contribution in [0.5, 0.6) is 0 Å². The molecule has 0 unspecified atom stereocenters. The molecule has 0 aliphatic heterocycles. The molecule has 4 heteroatoms. The molecule has 1 amide bonds. The molecule has 1 aliphatic carbocycles. The SMILES string of the molecule is Cc1ccc(NC(=O)C2(C#N)CC2)cn1. The summed E-state index contributed by atoms with van der Waals surface area (Å²) >= 11 is 0. The van der Waals surface area contributed by atoms with Gasteiger partial charge < -0.3 is 5.32 Å². The first-order valence-electron chi connectivity index (χ1n) is 4.82. The maximum Gasteiger partial charge on any atom is 0.244 e. The highest BCUT2D eigenvalue weighted by Gasteiger charge is 2.50. The number of hydrogen-bond acceptors (Lipinski definition) is 3. The van der Waals surface area contributed by atoms with Crippen LogP contribution in [-0.2, 0) is 4.79 Å². The predicted molar refractivity (Wildman–Crippen MR) is 54.9 cm³/mol. The molecule has 76 valence electrons. The molecule has 1 aromatic heterocycles. The lowest BCUT2D eigenvalue weighted by Gasteiger charge is -2.07. The minimum Gasteiger partial charge on any atom is -0.323 e. The maximum absolute atomic E-state index is 11.7. The number of carbonyl (C=O) groups is 1. The van der Waals surface area contributed by atoms with Crippen molar-refractivity contribution in [3.63, 3.8) is 0 Å². The van der Waals surface area contributed by atoms with Crippen LogP contribution >= 0.6 is 0 Å². The van der Waals surface area contributed by atoms with Crippen molar-refractivity contribution < 1.29 is 4.79 Å². The lowest BCUT2D eigenvalue weighted by atomic mass is 10.1. The van der Waals surface area contributed by atoms with Gasteiger partial charge in [0.15, 0.2) is 0 Å². The summed E-state index contributed by atoms with van der Waals surface area (Å²) < 4.78 is 0. The zero-order valence-electron chi connectivity index (χ0n) is 8.45. The largest absolute Gasteiger partial charge is 0.323 e. The van der Waals surface area contributed by atoms with E-state index in [9.17, 15) is 4.79 Å². The molecule has 1 aliphatic rings. The lowest BCUT2D eigenvalue weighted by molar-refractivity contribution is -0.119. The van der Waals surface area contributed by atoms with E-state index in [0.717, 1.165) is 5.69 Å². The Labute approximate surface area is 87.9 Å². The average molecular weight is 201 g/mol. The van der Waals surface area contributed by atoms with Gasteiger partial charge in [0.05, 0.1) is 18.0 Å². The van der Waals surface area contributed by atoms with E-state index in [2.05, 4.69) is 16.4 Å². The molecule has 2 rings (SSSR count). The van der Waals surface area contributed by atoms with E-state index in [1.807, 2.05) is 13.0 Å². The van der Waals surface area contributed by atoms with E-state index in [-0.39, 0.29) is 5.91 Å². The average Bonchev–Trinajstić information content (AvgIpc) is 3.02. The number of anilines is 1. The molecular weight excluding hydrogens is 190 g/mol. The zero-order valence-corrected chi connectivity index (χ0v) is 8.45. The van der Waals surface area contributed by atoms with E-state index in [1.165, 1.54) is 0 Å². The second-order valence-corrected chi connectivity index (χ2v) is 3.84. The second kappa shape index (κ2) is 3.35. The molecule has 0 bridgehead atoms. The Hall–Kier alpha value is -1.89. The number of carbonyl (C=O) groups excluding carboxylic acids is 1. The van der Waals surface area contributed by atoms with Crippen LogP contribution < -0.4 is 5.32 Å². The van der Waals surface area contributed by atoms with Gasteiger partial charge in [-0.05, 0) is 31.9 Å². The van der Waals surface area contributed by atoms with Gasteiger partial charge in [0.2, 0.25) is 5.91 Å². The molecule has 1 N–H and O–H groups in total. The Bertz CT molecular complexity index is 426. The smallest absolute Gasteiger partial charge is 0.244 e. The first kappa shape index (κ1) is 9.66. The zero-order chi connectivity index (χ0) is 10.9. The standard InChI is InChI=1S/C11H11N3O/c1-8-2-3-9(6-13-8)14-10(15)11(7-12)4-5-11/h2-3,6H,4-5H2,1H3,(H,14,15). The maximum atomic E-state index is 11.7. The van der Waals surface area contributed by atoms with Crippen LogP contribution in [0, 0.1) is 23.7 Å². The number of pyridine rings is 1. The third kappa shape index (κ3) is 1.82. The Morgan fingerprint density at radius 1 is 1.60 bits per heavy atom. The van der Waals surface area contributed by atoms with E-state index < -0.39 is 5.41 Å². The number of nitrogens with zero attached hydrogens (tertiary/aromatic N) is 2. The van der Waals surface area contributed by atoms with Crippen LogP contribution in [0.15, 0.2) is 18.3 Å². The third-order valence-corrected chi connectivity index (χ3v) is 2.57. The predicted octanol–water partition coefficient (Wildman–Crippen LogP) is 1.63. The van der Waals surface area contributed by atoms with Gasteiger partial charge in [-0.15, -0.1) is 0 Å². The Morgan fingerprint density at radius 2 is 2.33 bits per heavy atom. The van der Waals surface area contributed by atoms with Crippen molar-refractivity contribution in [2.24, 2.45) is 5.41 Å². The summed E-state index contributed by atoms with van der Waals surface area (Å²) in [5.41, 5.74) is 0.770. The number of rotatable bonds is 2.